The molecule has 18 heavy (non-hydrogen) atoms. The predicted octanol–water partition coefficient (Wildman–Crippen LogP) is 3.41. The highest BCUT2D eigenvalue weighted by Crippen LogP contribution is 2.29. The van der Waals surface area contributed by atoms with E-state index in [1.165, 1.54) is 24.3 Å². The molecule has 2 aromatic rings. The summed E-state index contributed by atoms with van der Waals surface area (Å²) < 4.78 is 13.0. The van der Waals surface area contributed by atoms with E-state index in [4.69, 9.17) is 0 Å². The topological polar surface area (TPSA) is 52.5 Å². The zero-order valence-electron chi connectivity index (χ0n) is 9.89. The van der Waals surface area contributed by atoms with E-state index >= 15 is 0 Å². The molecular formula is C14H14FNO2. The van der Waals surface area contributed by atoms with Gasteiger partial charge in [-0.2, -0.15) is 0 Å². The number of hydrogen-bond acceptors (Lipinski definition) is 3. The van der Waals surface area contributed by atoms with Gasteiger partial charge in [-0.3, -0.25) is 0 Å². The molecule has 1 unspecified atom stereocenters. The van der Waals surface area contributed by atoms with Crippen molar-refractivity contribution in [3.8, 4) is 11.5 Å². The van der Waals surface area contributed by atoms with Crippen LogP contribution in [0.4, 0.5) is 10.1 Å². The highest BCUT2D eigenvalue weighted by Gasteiger charge is 2.10. The van der Waals surface area contributed by atoms with Gasteiger partial charge in [0.15, 0.2) is 0 Å². The molecular weight excluding hydrogens is 233 g/mol. The highest BCUT2D eigenvalue weighted by molar-refractivity contribution is 5.48. The maximum atomic E-state index is 13.0. The molecule has 0 fully saturated rings. The molecule has 0 amide bonds. The molecule has 2 rings (SSSR count). The number of hydrogen-bond donors (Lipinski definition) is 3. The summed E-state index contributed by atoms with van der Waals surface area (Å²) in [5.74, 6) is -0.303. The molecule has 0 aliphatic heterocycles. The molecule has 2 aromatic carbocycles. The molecule has 0 bridgehead atoms. The van der Waals surface area contributed by atoms with Crippen molar-refractivity contribution in [2.24, 2.45) is 0 Å². The quantitative estimate of drug-likeness (QED) is 0.779. The Morgan fingerprint density at radius 2 is 1.89 bits per heavy atom. The fraction of sp³-hybridized carbons (Fsp3) is 0.143. The fourth-order valence-electron chi connectivity index (χ4n) is 1.80. The summed E-state index contributed by atoms with van der Waals surface area (Å²) in [6.07, 6.45) is 0. The molecule has 0 aliphatic rings. The summed E-state index contributed by atoms with van der Waals surface area (Å²) in [6, 6.07) is 10.3. The van der Waals surface area contributed by atoms with Crippen LogP contribution >= 0.6 is 0 Å². The van der Waals surface area contributed by atoms with E-state index in [1.54, 1.807) is 18.2 Å². The van der Waals surface area contributed by atoms with Gasteiger partial charge in [-0.05, 0) is 37.3 Å². The van der Waals surface area contributed by atoms with Crippen LogP contribution in [0.3, 0.4) is 0 Å². The number of aromatic hydroxyl groups is 2. The van der Waals surface area contributed by atoms with Crippen molar-refractivity contribution in [2.75, 3.05) is 5.32 Å². The van der Waals surface area contributed by atoms with Crippen LogP contribution in [0.1, 0.15) is 18.5 Å². The van der Waals surface area contributed by atoms with Gasteiger partial charge >= 0.3 is 0 Å². The standard InChI is InChI=1S/C14H14FNO2/c1-9(13-6-5-12(17)8-14(13)18)16-11-4-2-3-10(15)7-11/h2-9,16-18H,1H3. The van der Waals surface area contributed by atoms with E-state index in [1.807, 2.05) is 6.92 Å². The monoisotopic (exact) mass is 247 g/mol. The second-order valence-electron chi connectivity index (χ2n) is 4.12. The summed E-state index contributed by atoms with van der Waals surface area (Å²) in [5, 5.41) is 22.0. The molecule has 0 aromatic heterocycles. The van der Waals surface area contributed by atoms with Crippen molar-refractivity contribution in [3.05, 3.63) is 53.8 Å². The Morgan fingerprint density at radius 1 is 1.11 bits per heavy atom. The Labute approximate surface area is 105 Å². The van der Waals surface area contributed by atoms with Crippen LogP contribution in [0.25, 0.3) is 0 Å². The third-order valence-electron chi connectivity index (χ3n) is 2.69. The van der Waals surface area contributed by atoms with Crippen LogP contribution in [0.5, 0.6) is 11.5 Å². The van der Waals surface area contributed by atoms with Crippen LogP contribution in [-0.4, -0.2) is 10.2 Å². The second-order valence-corrected chi connectivity index (χ2v) is 4.12. The van der Waals surface area contributed by atoms with Crippen molar-refractivity contribution in [1.82, 2.24) is 0 Å². The van der Waals surface area contributed by atoms with Gasteiger partial charge in [0.25, 0.3) is 0 Å². The maximum absolute atomic E-state index is 13.0. The molecule has 1 atom stereocenters. The van der Waals surface area contributed by atoms with E-state index in [9.17, 15) is 14.6 Å². The summed E-state index contributed by atoms with van der Waals surface area (Å²) in [6.45, 7) is 1.84. The van der Waals surface area contributed by atoms with Gasteiger partial charge in [0, 0.05) is 17.3 Å². The third kappa shape index (κ3) is 2.71. The van der Waals surface area contributed by atoms with Gasteiger partial charge < -0.3 is 15.5 Å². The van der Waals surface area contributed by atoms with Crippen molar-refractivity contribution in [1.29, 1.82) is 0 Å². The van der Waals surface area contributed by atoms with E-state index < -0.39 is 0 Å². The van der Waals surface area contributed by atoms with Crippen LogP contribution in [0.15, 0.2) is 42.5 Å². The van der Waals surface area contributed by atoms with E-state index in [2.05, 4.69) is 5.32 Å². The van der Waals surface area contributed by atoms with E-state index in [0.29, 0.717) is 11.3 Å². The smallest absolute Gasteiger partial charge is 0.125 e. The van der Waals surface area contributed by atoms with Gasteiger partial charge in [0.1, 0.15) is 17.3 Å². The van der Waals surface area contributed by atoms with Crippen molar-refractivity contribution < 1.29 is 14.6 Å². The normalized spacial score (nSPS) is 12.1. The molecule has 3 N–H and O–H groups in total. The maximum Gasteiger partial charge on any atom is 0.125 e. The van der Waals surface area contributed by atoms with Crippen molar-refractivity contribution >= 4 is 5.69 Å². The largest absolute Gasteiger partial charge is 0.508 e. The first kappa shape index (κ1) is 12.2. The lowest BCUT2D eigenvalue weighted by Gasteiger charge is -2.17. The molecule has 0 heterocycles. The van der Waals surface area contributed by atoms with E-state index in [-0.39, 0.29) is 23.4 Å². The third-order valence-corrected chi connectivity index (χ3v) is 2.69. The molecule has 0 spiro atoms. The minimum absolute atomic E-state index is 0.00593. The van der Waals surface area contributed by atoms with Crippen LogP contribution in [0.2, 0.25) is 0 Å². The first-order valence-electron chi connectivity index (χ1n) is 5.60. The Balaban J connectivity index is 2.19. The average Bonchev–Trinajstić information content (AvgIpc) is 2.28. The minimum atomic E-state index is -0.317. The SMILES string of the molecule is CC(Nc1cccc(F)c1)c1ccc(O)cc1O. The van der Waals surface area contributed by atoms with Crippen molar-refractivity contribution in [3.63, 3.8) is 0 Å². The van der Waals surface area contributed by atoms with Gasteiger partial charge in [-0.15, -0.1) is 0 Å². The zero-order valence-corrected chi connectivity index (χ0v) is 9.89. The average molecular weight is 247 g/mol. The number of phenolic OH excluding ortho intramolecular Hbond substituents is 2. The van der Waals surface area contributed by atoms with Crippen LogP contribution in [-0.2, 0) is 0 Å². The lowest BCUT2D eigenvalue weighted by Crippen LogP contribution is -2.06. The highest BCUT2D eigenvalue weighted by atomic mass is 19.1. The first-order chi connectivity index (χ1) is 8.56. The lowest BCUT2D eigenvalue weighted by atomic mass is 10.1. The van der Waals surface area contributed by atoms with Gasteiger partial charge in [0.2, 0.25) is 0 Å². The molecule has 0 saturated heterocycles. The second kappa shape index (κ2) is 4.96. The number of rotatable bonds is 3. The molecule has 94 valence electrons. The lowest BCUT2D eigenvalue weighted by molar-refractivity contribution is 0.444. The Hall–Kier alpha value is -2.23. The zero-order chi connectivity index (χ0) is 13.1. The number of anilines is 1. The summed E-state index contributed by atoms with van der Waals surface area (Å²) in [4.78, 5) is 0. The number of phenols is 2. The van der Waals surface area contributed by atoms with E-state index in [0.717, 1.165) is 0 Å². The Kier molecular flexibility index (Phi) is 3.37. The molecule has 0 radical (unpaired) electrons. The van der Waals surface area contributed by atoms with Gasteiger partial charge in [0.05, 0.1) is 6.04 Å². The molecule has 0 aliphatic carbocycles. The number of nitrogens with one attached hydrogen (secondary N) is 1. The molecule has 3 nitrogen and oxygen atoms in total. The summed E-state index contributed by atoms with van der Waals surface area (Å²) in [7, 11) is 0. The minimum Gasteiger partial charge on any atom is -0.508 e. The van der Waals surface area contributed by atoms with Gasteiger partial charge in [-0.25, -0.2) is 4.39 Å². The first-order valence-corrected chi connectivity index (χ1v) is 5.60. The summed E-state index contributed by atoms with van der Waals surface area (Å²) in [5.41, 5.74) is 1.27. The molecule has 4 heteroatoms. The van der Waals surface area contributed by atoms with Crippen LogP contribution in [0, 0.1) is 5.82 Å². The number of halogens is 1. The predicted molar refractivity (Wildman–Crippen MR) is 68.2 cm³/mol. The fourth-order valence-corrected chi connectivity index (χ4v) is 1.80. The summed E-state index contributed by atoms with van der Waals surface area (Å²) >= 11 is 0. The Bertz CT molecular complexity index is 557. The Morgan fingerprint density at radius 3 is 2.56 bits per heavy atom. The van der Waals surface area contributed by atoms with Crippen molar-refractivity contribution in [2.45, 2.75) is 13.0 Å². The van der Waals surface area contributed by atoms with Gasteiger partial charge in [-0.1, -0.05) is 6.07 Å². The van der Waals surface area contributed by atoms with Crippen LogP contribution < -0.4 is 5.32 Å². The molecule has 0 saturated carbocycles. The number of benzene rings is 2.